The fourth-order valence-electron chi connectivity index (χ4n) is 0.816. The summed E-state index contributed by atoms with van der Waals surface area (Å²) in [7, 11) is 0. The van der Waals surface area contributed by atoms with Crippen molar-refractivity contribution < 1.29 is 9.90 Å². The maximum absolute atomic E-state index is 10.5. The normalized spacial score (nSPS) is 10.2. The monoisotopic (exact) mass is 233 g/mol. The highest BCUT2D eigenvalue weighted by atomic mass is 79.9. The van der Waals surface area contributed by atoms with E-state index in [0.29, 0.717) is 17.4 Å². The van der Waals surface area contributed by atoms with Crippen molar-refractivity contribution in [3.05, 3.63) is 15.9 Å². The molecule has 6 heteroatoms. The first-order valence-corrected chi connectivity index (χ1v) is 4.12. The molecule has 0 aliphatic carbocycles. The maximum Gasteiger partial charge on any atom is 0.357 e. The standard InChI is InChI=1S/C6H8BrN3O2/c7-4-3(1-2-8)9-10-5(4)6(11)12/h1-2,8H2,(H,9,10)(H,11,12). The van der Waals surface area contributed by atoms with Crippen LogP contribution in [0.4, 0.5) is 0 Å². The van der Waals surface area contributed by atoms with Gasteiger partial charge in [0.2, 0.25) is 0 Å². The van der Waals surface area contributed by atoms with E-state index in [2.05, 4.69) is 26.1 Å². The molecule has 0 saturated carbocycles. The van der Waals surface area contributed by atoms with E-state index in [1.165, 1.54) is 0 Å². The van der Waals surface area contributed by atoms with Crippen molar-refractivity contribution in [1.82, 2.24) is 10.2 Å². The van der Waals surface area contributed by atoms with E-state index in [1.54, 1.807) is 0 Å². The van der Waals surface area contributed by atoms with E-state index in [0.717, 1.165) is 5.69 Å². The third-order valence-electron chi connectivity index (χ3n) is 1.37. The SMILES string of the molecule is NCCc1[nH]nc(C(=O)O)c1Br. The smallest absolute Gasteiger partial charge is 0.357 e. The lowest BCUT2D eigenvalue weighted by Crippen LogP contribution is -2.03. The molecule has 0 aromatic carbocycles. The molecule has 1 rings (SSSR count). The highest BCUT2D eigenvalue weighted by molar-refractivity contribution is 9.10. The Hall–Kier alpha value is -0.880. The first-order chi connectivity index (χ1) is 5.66. The van der Waals surface area contributed by atoms with Crippen LogP contribution in [-0.2, 0) is 6.42 Å². The molecule has 0 aliphatic heterocycles. The van der Waals surface area contributed by atoms with Gasteiger partial charge >= 0.3 is 5.97 Å². The van der Waals surface area contributed by atoms with E-state index in [9.17, 15) is 4.79 Å². The number of aromatic nitrogens is 2. The summed E-state index contributed by atoms with van der Waals surface area (Å²) in [6.07, 6.45) is 0.584. The Balaban J connectivity index is 2.96. The summed E-state index contributed by atoms with van der Waals surface area (Å²) in [6, 6.07) is 0. The van der Waals surface area contributed by atoms with Crippen LogP contribution in [0.5, 0.6) is 0 Å². The average Bonchev–Trinajstić information content (AvgIpc) is 2.34. The van der Waals surface area contributed by atoms with Gasteiger partial charge in [-0.1, -0.05) is 0 Å². The molecule has 0 bridgehead atoms. The van der Waals surface area contributed by atoms with Crippen LogP contribution in [0.2, 0.25) is 0 Å². The first-order valence-electron chi connectivity index (χ1n) is 3.33. The van der Waals surface area contributed by atoms with Crippen molar-refractivity contribution >= 4 is 21.9 Å². The molecular weight excluding hydrogens is 226 g/mol. The molecule has 66 valence electrons. The highest BCUT2D eigenvalue weighted by Crippen LogP contribution is 2.18. The minimum atomic E-state index is -1.05. The lowest BCUT2D eigenvalue weighted by molar-refractivity contribution is 0.0689. The predicted molar refractivity (Wildman–Crippen MR) is 46.0 cm³/mol. The number of nitrogens with one attached hydrogen (secondary N) is 1. The zero-order valence-electron chi connectivity index (χ0n) is 6.17. The number of aromatic carboxylic acids is 1. The van der Waals surface area contributed by atoms with Gasteiger partial charge in [-0.3, -0.25) is 5.10 Å². The molecule has 0 aliphatic rings. The number of hydrogen-bond donors (Lipinski definition) is 3. The van der Waals surface area contributed by atoms with Gasteiger partial charge in [0.25, 0.3) is 0 Å². The van der Waals surface area contributed by atoms with Crippen molar-refractivity contribution in [2.24, 2.45) is 5.73 Å². The summed E-state index contributed by atoms with van der Waals surface area (Å²) in [4.78, 5) is 10.5. The fourth-order valence-corrected chi connectivity index (χ4v) is 1.36. The van der Waals surface area contributed by atoms with Gasteiger partial charge in [-0.15, -0.1) is 0 Å². The lowest BCUT2D eigenvalue weighted by Gasteiger charge is -1.92. The summed E-state index contributed by atoms with van der Waals surface area (Å²) in [6.45, 7) is 0.458. The van der Waals surface area contributed by atoms with Crippen molar-refractivity contribution in [3.8, 4) is 0 Å². The summed E-state index contributed by atoms with van der Waals surface area (Å²) in [5, 5.41) is 14.8. The lowest BCUT2D eigenvalue weighted by atomic mass is 10.3. The molecule has 4 N–H and O–H groups in total. The molecule has 1 heterocycles. The minimum absolute atomic E-state index is 0.00144. The number of rotatable bonds is 3. The van der Waals surface area contributed by atoms with Gasteiger partial charge in [0.05, 0.1) is 10.2 Å². The van der Waals surface area contributed by atoms with Gasteiger partial charge in [0.1, 0.15) is 0 Å². The summed E-state index contributed by atoms with van der Waals surface area (Å²) in [5.41, 5.74) is 6.01. The fraction of sp³-hybridized carbons (Fsp3) is 0.333. The molecule has 12 heavy (non-hydrogen) atoms. The van der Waals surface area contributed by atoms with Crippen molar-refractivity contribution in [1.29, 1.82) is 0 Å². The Morgan fingerprint density at radius 2 is 2.42 bits per heavy atom. The molecule has 5 nitrogen and oxygen atoms in total. The number of aromatic amines is 1. The molecule has 0 radical (unpaired) electrons. The molecule has 0 spiro atoms. The zero-order chi connectivity index (χ0) is 9.14. The molecule has 0 amide bonds. The molecule has 0 atom stereocenters. The van der Waals surface area contributed by atoms with Gasteiger partial charge in [0, 0.05) is 6.42 Å². The zero-order valence-corrected chi connectivity index (χ0v) is 7.76. The van der Waals surface area contributed by atoms with E-state index < -0.39 is 5.97 Å². The highest BCUT2D eigenvalue weighted by Gasteiger charge is 2.15. The molecule has 0 fully saturated rings. The number of hydrogen-bond acceptors (Lipinski definition) is 3. The third-order valence-corrected chi connectivity index (χ3v) is 2.23. The molecular formula is C6H8BrN3O2. The Bertz CT molecular complexity index is 297. The van der Waals surface area contributed by atoms with Gasteiger partial charge in [-0.25, -0.2) is 4.79 Å². The van der Waals surface area contributed by atoms with Crippen LogP contribution in [0, 0.1) is 0 Å². The Morgan fingerprint density at radius 1 is 1.75 bits per heavy atom. The Morgan fingerprint density at radius 3 is 2.83 bits per heavy atom. The van der Waals surface area contributed by atoms with Crippen molar-refractivity contribution in [2.45, 2.75) is 6.42 Å². The molecule has 1 aromatic rings. The Labute approximate surface area is 77.1 Å². The number of nitrogens with zero attached hydrogens (tertiary/aromatic N) is 1. The van der Waals surface area contributed by atoms with Crippen molar-refractivity contribution in [2.75, 3.05) is 6.54 Å². The second-order valence-corrected chi connectivity index (χ2v) is 3.00. The van der Waals surface area contributed by atoms with Gasteiger partial charge in [0.15, 0.2) is 5.69 Å². The summed E-state index contributed by atoms with van der Waals surface area (Å²) in [5.74, 6) is -1.05. The van der Waals surface area contributed by atoms with Crippen LogP contribution in [-0.4, -0.2) is 27.8 Å². The minimum Gasteiger partial charge on any atom is -0.476 e. The van der Waals surface area contributed by atoms with Crippen molar-refractivity contribution in [3.63, 3.8) is 0 Å². The van der Waals surface area contributed by atoms with E-state index in [1.807, 2.05) is 0 Å². The van der Waals surface area contributed by atoms with Crippen LogP contribution < -0.4 is 5.73 Å². The molecule has 0 saturated heterocycles. The third kappa shape index (κ3) is 1.64. The quantitative estimate of drug-likeness (QED) is 0.704. The van der Waals surface area contributed by atoms with Gasteiger partial charge in [-0.2, -0.15) is 5.10 Å². The largest absolute Gasteiger partial charge is 0.476 e. The number of H-pyrrole nitrogens is 1. The maximum atomic E-state index is 10.5. The topological polar surface area (TPSA) is 92.0 Å². The molecule has 1 aromatic heterocycles. The van der Waals surface area contributed by atoms with E-state index >= 15 is 0 Å². The van der Waals surface area contributed by atoms with Gasteiger partial charge in [-0.05, 0) is 22.5 Å². The van der Waals surface area contributed by atoms with Crippen LogP contribution in [0.1, 0.15) is 16.2 Å². The van der Waals surface area contributed by atoms with E-state index in [-0.39, 0.29) is 5.69 Å². The second-order valence-electron chi connectivity index (χ2n) is 2.21. The number of nitrogens with two attached hydrogens (primary N) is 1. The van der Waals surface area contributed by atoms with Crippen LogP contribution in [0.25, 0.3) is 0 Å². The van der Waals surface area contributed by atoms with Crippen LogP contribution in [0.15, 0.2) is 4.47 Å². The number of carbonyl (C=O) groups is 1. The summed E-state index contributed by atoms with van der Waals surface area (Å²) >= 11 is 3.12. The van der Waals surface area contributed by atoms with Crippen LogP contribution >= 0.6 is 15.9 Å². The van der Waals surface area contributed by atoms with Crippen LogP contribution in [0.3, 0.4) is 0 Å². The second kappa shape index (κ2) is 3.68. The van der Waals surface area contributed by atoms with E-state index in [4.69, 9.17) is 10.8 Å². The van der Waals surface area contributed by atoms with Gasteiger partial charge < -0.3 is 10.8 Å². The Kier molecular flexibility index (Phi) is 2.83. The average molecular weight is 234 g/mol. The number of carboxylic acid groups (broad SMARTS) is 1. The predicted octanol–water partition coefficient (Wildman–Crippen LogP) is 0.372. The summed E-state index contributed by atoms with van der Waals surface area (Å²) < 4.78 is 0.487. The number of halogens is 1. The number of carboxylic acids is 1. The molecule has 0 unspecified atom stereocenters. The first kappa shape index (κ1) is 9.21.